The molecule has 2 rings (SSSR count). The van der Waals surface area contributed by atoms with Gasteiger partial charge in [0.15, 0.2) is 0 Å². The second-order valence-corrected chi connectivity index (χ2v) is 5.83. The molecule has 1 aromatic rings. The molecule has 1 aliphatic heterocycles. The van der Waals surface area contributed by atoms with Gasteiger partial charge >= 0.3 is 0 Å². The molecule has 1 aliphatic rings. The predicted octanol–water partition coefficient (Wildman–Crippen LogP) is 2.51. The summed E-state index contributed by atoms with van der Waals surface area (Å²) >= 11 is 0. The minimum Gasteiger partial charge on any atom is -0.254 e. The summed E-state index contributed by atoms with van der Waals surface area (Å²) in [6, 6.07) is 11.8. The minimum absolute atomic E-state index is 0.332. The minimum atomic E-state index is 0.332. The molecule has 0 spiro atoms. The van der Waals surface area contributed by atoms with E-state index in [1.165, 1.54) is 12.0 Å². The van der Waals surface area contributed by atoms with Gasteiger partial charge in [-0.15, -0.1) is 0 Å². The van der Waals surface area contributed by atoms with Crippen molar-refractivity contribution in [1.29, 1.82) is 0 Å². The van der Waals surface area contributed by atoms with Gasteiger partial charge in [-0.25, -0.2) is 0 Å². The molecule has 0 aromatic heterocycles. The third kappa shape index (κ3) is 2.83. The van der Waals surface area contributed by atoms with E-state index >= 15 is 0 Å². The Morgan fingerprint density at radius 2 is 1.81 bits per heavy atom. The number of nitrogens with one attached hydrogen (secondary N) is 2. The molecule has 2 unspecified atom stereocenters. The molecule has 16 heavy (non-hydrogen) atoms. The Kier molecular flexibility index (Phi) is 3.31. The molecule has 2 heteroatoms. The molecular weight excluding hydrogens is 196 g/mol. The average Bonchev–Trinajstić information content (AvgIpc) is 2.67. The second kappa shape index (κ2) is 4.56. The number of rotatable bonds is 2. The number of benzene rings is 1. The highest BCUT2D eigenvalue weighted by Crippen LogP contribution is 2.26. The summed E-state index contributed by atoms with van der Waals surface area (Å²) in [6.07, 6.45) is 2.32. The molecular formula is C14H22N2. The second-order valence-electron chi connectivity index (χ2n) is 5.83. The van der Waals surface area contributed by atoms with E-state index < -0.39 is 0 Å². The summed E-state index contributed by atoms with van der Waals surface area (Å²) in [5, 5.41) is 0. The summed E-state index contributed by atoms with van der Waals surface area (Å²) in [5.74, 6) is 0. The predicted molar refractivity (Wildman–Crippen MR) is 68.1 cm³/mol. The SMILES string of the molecule is CC(C)(C)C1CC(Cc2ccccc2)NN1. The van der Waals surface area contributed by atoms with Crippen LogP contribution in [0.2, 0.25) is 0 Å². The zero-order valence-electron chi connectivity index (χ0n) is 10.5. The molecule has 1 heterocycles. The molecule has 1 fully saturated rings. The molecule has 0 saturated carbocycles. The van der Waals surface area contributed by atoms with Crippen LogP contribution in [-0.4, -0.2) is 12.1 Å². The first-order valence-electron chi connectivity index (χ1n) is 6.11. The lowest BCUT2D eigenvalue weighted by molar-refractivity contribution is 0.286. The van der Waals surface area contributed by atoms with Gasteiger partial charge in [0.25, 0.3) is 0 Å². The van der Waals surface area contributed by atoms with Crippen molar-refractivity contribution in [1.82, 2.24) is 10.9 Å². The molecule has 2 nitrogen and oxygen atoms in total. The van der Waals surface area contributed by atoms with Crippen molar-refractivity contribution >= 4 is 0 Å². The lowest BCUT2D eigenvalue weighted by atomic mass is 9.84. The molecule has 0 radical (unpaired) electrons. The van der Waals surface area contributed by atoms with Gasteiger partial charge in [-0.3, -0.25) is 10.9 Å². The third-order valence-corrected chi connectivity index (χ3v) is 3.35. The van der Waals surface area contributed by atoms with Gasteiger partial charge in [0.2, 0.25) is 0 Å². The Balaban J connectivity index is 1.91. The summed E-state index contributed by atoms with van der Waals surface area (Å²) in [4.78, 5) is 0. The van der Waals surface area contributed by atoms with Crippen LogP contribution in [0.4, 0.5) is 0 Å². The van der Waals surface area contributed by atoms with Crippen molar-refractivity contribution in [3.63, 3.8) is 0 Å². The van der Waals surface area contributed by atoms with E-state index in [0.29, 0.717) is 17.5 Å². The number of hydrogen-bond donors (Lipinski definition) is 2. The van der Waals surface area contributed by atoms with Gasteiger partial charge in [-0.05, 0) is 23.8 Å². The summed E-state index contributed by atoms with van der Waals surface area (Å²) in [5.41, 5.74) is 8.57. The van der Waals surface area contributed by atoms with Crippen molar-refractivity contribution in [2.24, 2.45) is 5.41 Å². The van der Waals surface area contributed by atoms with Crippen LogP contribution in [-0.2, 0) is 6.42 Å². The maximum atomic E-state index is 3.42. The maximum absolute atomic E-state index is 3.42. The van der Waals surface area contributed by atoms with E-state index in [1.54, 1.807) is 0 Å². The standard InChI is InChI=1S/C14H22N2/c1-14(2,3)13-10-12(15-16-13)9-11-7-5-4-6-8-11/h4-8,12-13,15-16H,9-10H2,1-3H3. The fourth-order valence-corrected chi connectivity index (χ4v) is 2.22. The maximum Gasteiger partial charge on any atom is 0.0276 e. The van der Waals surface area contributed by atoms with Gasteiger partial charge in [-0.2, -0.15) is 0 Å². The van der Waals surface area contributed by atoms with Gasteiger partial charge < -0.3 is 0 Å². The molecule has 1 saturated heterocycles. The van der Waals surface area contributed by atoms with Crippen LogP contribution in [0.25, 0.3) is 0 Å². The van der Waals surface area contributed by atoms with Crippen LogP contribution in [0.5, 0.6) is 0 Å². The van der Waals surface area contributed by atoms with Crippen molar-refractivity contribution < 1.29 is 0 Å². The highest BCUT2D eigenvalue weighted by molar-refractivity contribution is 5.16. The Bertz CT molecular complexity index is 326. The number of hydrazine groups is 1. The van der Waals surface area contributed by atoms with Crippen LogP contribution in [0.15, 0.2) is 30.3 Å². The van der Waals surface area contributed by atoms with Crippen molar-refractivity contribution in [2.45, 2.75) is 45.7 Å². The van der Waals surface area contributed by atoms with Crippen molar-refractivity contribution in [2.75, 3.05) is 0 Å². The summed E-state index contributed by atoms with van der Waals surface area (Å²) in [6.45, 7) is 6.87. The zero-order chi connectivity index (χ0) is 11.6. The zero-order valence-corrected chi connectivity index (χ0v) is 10.5. The average molecular weight is 218 g/mol. The monoisotopic (exact) mass is 218 g/mol. The van der Waals surface area contributed by atoms with Gasteiger partial charge in [0, 0.05) is 12.1 Å². The van der Waals surface area contributed by atoms with E-state index in [4.69, 9.17) is 0 Å². The highest BCUT2D eigenvalue weighted by atomic mass is 15.4. The Morgan fingerprint density at radius 3 is 2.38 bits per heavy atom. The normalized spacial score (nSPS) is 25.9. The van der Waals surface area contributed by atoms with E-state index in [-0.39, 0.29) is 0 Å². The fraction of sp³-hybridized carbons (Fsp3) is 0.571. The molecule has 0 bridgehead atoms. The molecule has 88 valence electrons. The molecule has 0 amide bonds. The van der Waals surface area contributed by atoms with Gasteiger partial charge in [0.1, 0.15) is 0 Å². The summed E-state index contributed by atoms with van der Waals surface area (Å²) in [7, 11) is 0. The van der Waals surface area contributed by atoms with E-state index in [1.807, 2.05) is 0 Å². The highest BCUT2D eigenvalue weighted by Gasteiger charge is 2.32. The lowest BCUT2D eigenvalue weighted by Crippen LogP contribution is -2.40. The quantitative estimate of drug-likeness (QED) is 0.797. The molecule has 2 atom stereocenters. The molecule has 1 aromatic carbocycles. The lowest BCUT2D eigenvalue weighted by Gasteiger charge is -2.26. The van der Waals surface area contributed by atoms with Gasteiger partial charge in [0.05, 0.1) is 0 Å². The van der Waals surface area contributed by atoms with Crippen LogP contribution in [0.3, 0.4) is 0 Å². The Hall–Kier alpha value is -0.860. The summed E-state index contributed by atoms with van der Waals surface area (Å²) < 4.78 is 0. The smallest absolute Gasteiger partial charge is 0.0276 e. The van der Waals surface area contributed by atoms with Crippen LogP contribution >= 0.6 is 0 Å². The Labute approximate surface area is 98.4 Å². The van der Waals surface area contributed by atoms with E-state index in [9.17, 15) is 0 Å². The first kappa shape index (κ1) is 11.6. The number of hydrogen-bond acceptors (Lipinski definition) is 2. The largest absolute Gasteiger partial charge is 0.254 e. The Morgan fingerprint density at radius 1 is 1.12 bits per heavy atom. The van der Waals surface area contributed by atoms with Gasteiger partial charge in [-0.1, -0.05) is 51.1 Å². The van der Waals surface area contributed by atoms with Crippen molar-refractivity contribution in [3.8, 4) is 0 Å². The topological polar surface area (TPSA) is 24.1 Å². The fourth-order valence-electron chi connectivity index (χ4n) is 2.22. The van der Waals surface area contributed by atoms with Crippen LogP contribution in [0, 0.1) is 5.41 Å². The molecule has 0 aliphatic carbocycles. The van der Waals surface area contributed by atoms with E-state index in [2.05, 4.69) is 62.0 Å². The van der Waals surface area contributed by atoms with Crippen LogP contribution in [0.1, 0.15) is 32.8 Å². The van der Waals surface area contributed by atoms with Crippen molar-refractivity contribution in [3.05, 3.63) is 35.9 Å². The van der Waals surface area contributed by atoms with Crippen LogP contribution < -0.4 is 10.9 Å². The van der Waals surface area contributed by atoms with E-state index in [0.717, 1.165) is 6.42 Å². The third-order valence-electron chi connectivity index (χ3n) is 3.35. The first-order valence-corrected chi connectivity index (χ1v) is 6.11. The molecule has 2 N–H and O–H groups in total. The first-order chi connectivity index (χ1) is 7.55.